The summed E-state index contributed by atoms with van der Waals surface area (Å²) in [6, 6.07) is 10.2. The van der Waals surface area contributed by atoms with Gasteiger partial charge in [0.25, 0.3) is 11.6 Å². The Morgan fingerprint density at radius 3 is 2.48 bits per heavy atom. The second-order valence-electron chi connectivity index (χ2n) is 7.59. The maximum absolute atomic E-state index is 13.7. The highest BCUT2D eigenvalue weighted by Gasteiger charge is 2.44. The lowest BCUT2D eigenvalue weighted by Crippen LogP contribution is -2.48. The Balaban J connectivity index is 2.03. The first-order chi connectivity index (χ1) is 13.6. The van der Waals surface area contributed by atoms with Gasteiger partial charge in [-0.2, -0.15) is 0 Å². The average Bonchev–Trinajstić information content (AvgIpc) is 3.06. The number of para-hydroxylation sites is 1. The zero-order valence-electron chi connectivity index (χ0n) is 16.3. The Morgan fingerprint density at radius 1 is 1.14 bits per heavy atom. The van der Waals surface area contributed by atoms with Crippen LogP contribution in [0.25, 0.3) is 11.1 Å². The molecule has 1 aromatic heterocycles. The summed E-state index contributed by atoms with van der Waals surface area (Å²) in [6.07, 6.45) is 0. The van der Waals surface area contributed by atoms with Gasteiger partial charge in [0.05, 0.1) is 21.0 Å². The van der Waals surface area contributed by atoms with E-state index in [9.17, 15) is 14.9 Å². The van der Waals surface area contributed by atoms with Crippen LogP contribution in [0.5, 0.6) is 0 Å². The van der Waals surface area contributed by atoms with E-state index >= 15 is 0 Å². The molecule has 0 radical (unpaired) electrons. The first-order valence-electron chi connectivity index (χ1n) is 8.97. The monoisotopic (exact) mass is 442 g/mol. The molecule has 8 heteroatoms. The van der Waals surface area contributed by atoms with Crippen molar-refractivity contribution < 1.29 is 9.72 Å². The highest BCUT2D eigenvalue weighted by molar-refractivity contribution is 7.80. The highest BCUT2D eigenvalue weighted by atomic mass is 32.9. The van der Waals surface area contributed by atoms with Gasteiger partial charge in [-0.1, -0.05) is 45.0 Å². The third-order valence-electron chi connectivity index (χ3n) is 5.40. The van der Waals surface area contributed by atoms with E-state index in [4.69, 9.17) is 12.2 Å². The van der Waals surface area contributed by atoms with Gasteiger partial charge >= 0.3 is 0 Å². The van der Waals surface area contributed by atoms with Gasteiger partial charge in [-0.05, 0) is 57.0 Å². The third kappa shape index (κ3) is 2.94. The second kappa shape index (κ2) is 6.83. The number of nitro groups is 1. The Kier molecular flexibility index (Phi) is 4.68. The predicted molar refractivity (Wildman–Crippen MR) is 121 cm³/mol. The van der Waals surface area contributed by atoms with Gasteiger partial charge in [-0.25, -0.2) is 0 Å². The van der Waals surface area contributed by atoms with E-state index in [1.54, 1.807) is 27.4 Å². The Hall–Kier alpha value is -2.42. The minimum atomic E-state index is -0.691. The molecule has 148 valence electrons. The molecule has 0 fully saturated rings. The van der Waals surface area contributed by atoms with Crippen LogP contribution >= 0.6 is 32.9 Å². The van der Waals surface area contributed by atoms with E-state index < -0.39 is 10.5 Å². The Morgan fingerprint density at radius 2 is 1.79 bits per heavy atom. The molecule has 3 aromatic rings. The van der Waals surface area contributed by atoms with Crippen molar-refractivity contribution in [1.82, 2.24) is 0 Å². The molecule has 4 rings (SSSR count). The van der Waals surface area contributed by atoms with Crippen LogP contribution in [0.15, 0.2) is 36.4 Å². The molecule has 1 aliphatic heterocycles. The smallest absolute Gasteiger partial charge is 0.282 e. The van der Waals surface area contributed by atoms with Crippen molar-refractivity contribution in [2.45, 2.75) is 33.2 Å². The molecular formula is C21H18N2O3S3. The zero-order chi connectivity index (χ0) is 21.1. The SMILES string of the molecule is Cc1cc2c(cc1C)N(C(=O)c1ccccc1[N+](=O)[O-])C(C)(C)c1ssc(=S)c1-2. The number of amides is 1. The fraction of sp³-hybridized carbons (Fsp3) is 0.238. The van der Waals surface area contributed by atoms with E-state index in [2.05, 4.69) is 6.07 Å². The highest BCUT2D eigenvalue weighted by Crippen LogP contribution is 2.53. The van der Waals surface area contributed by atoms with Gasteiger partial charge in [0, 0.05) is 17.2 Å². The molecular weight excluding hydrogens is 424 g/mol. The fourth-order valence-corrected chi connectivity index (χ4v) is 7.06. The van der Waals surface area contributed by atoms with Crippen molar-refractivity contribution in [1.29, 1.82) is 0 Å². The molecule has 1 aliphatic rings. The molecule has 29 heavy (non-hydrogen) atoms. The molecule has 0 N–H and O–H groups in total. The van der Waals surface area contributed by atoms with Gasteiger partial charge < -0.3 is 0 Å². The number of carbonyl (C=O) groups excluding carboxylic acids is 1. The molecule has 0 atom stereocenters. The number of hydrogen-bond donors (Lipinski definition) is 0. The van der Waals surface area contributed by atoms with Crippen LogP contribution in [-0.2, 0) is 5.54 Å². The number of anilines is 1. The fourth-order valence-electron chi connectivity index (χ4n) is 3.78. The Bertz CT molecular complexity index is 1240. The molecule has 0 spiro atoms. The van der Waals surface area contributed by atoms with Gasteiger partial charge in [0.1, 0.15) is 9.39 Å². The number of benzene rings is 2. The number of aryl methyl sites for hydroxylation is 2. The normalized spacial score (nSPS) is 14.3. The summed E-state index contributed by atoms with van der Waals surface area (Å²) < 4.78 is 0.806. The van der Waals surface area contributed by atoms with Crippen molar-refractivity contribution in [2.75, 3.05) is 4.90 Å². The number of nitrogens with zero attached hydrogens (tertiary/aromatic N) is 2. The van der Waals surface area contributed by atoms with Crippen LogP contribution in [-0.4, -0.2) is 10.8 Å². The molecule has 0 saturated carbocycles. The quantitative estimate of drug-likeness (QED) is 0.193. The molecule has 0 aliphatic carbocycles. The molecule has 0 saturated heterocycles. The summed E-state index contributed by atoms with van der Waals surface area (Å²) in [5.41, 5.74) is 4.01. The molecule has 0 unspecified atom stereocenters. The van der Waals surface area contributed by atoms with Crippen LogP contribution < -0.4 is 4.90 Å². The second-order valence-corrected chi connectivity index (χ2v) is 10.4. The van der Waals surface area contributed by atoms with Crippen LogP contribution in [0.4, 0.5) is 11.4 Å². The van der Waals surface area contributed by atoms with Crippen molar-refractivity contribution in [3.05, 3.63) is 71.9 Å². The minimum absolute atomic E-state index is 0.0806. The van der Waals surface area contributed by atoms with Crippen molar-refractivity contribution in [2.24, 2.45) is 0 Å². The lowest BCUT2D eigenvalue weighted by atomic mass is 9.85. The number of carbonyl (C=O) groups is 1. The van der Waals surface area contributed by atoms with Crippen molar-refractivity contribution >= 4 is 50.2 Å². The van der Waals surface area contributed by atoms with Crippen LogP contribution in [0.3, 0.4) is 0 Å². The van der Waals surface area contributed by atoms with Crippen LogP contribution in [0.1, 0.15) is 40.2 Å². The minimum Gasteiger partial charge on any atom is -0.297 e. The maximum Gasteiger partial charge on any atom is 0.282 e. The van der Waals surface area contributed by atoms with Gasteiger partial charge in [0.15, 0.2) is 0 Å². The zero-order valence-corrected chi connectivity index (χ0v) is 18.8. The number of rotatable bonds is 2. The molecule has 0 bridgehead atoms. The first kappa shape index (κ1) is 19.9. The largest absolute Gasteiger partial charge is 0.297 e. The van der Waals surface area contributed by atoms with E-state index in [0.717, 1.165) is 36.6 Å². The van der Waals surface area contributed by atoms with Crippen molar-refractivity contribution in [3.8, 4) is 11.1 Å². The van der Waals surface area contributed by atoms with Crippen LogP contribution in [0, 0.1) is 27.8 Å². The summed E-state index contributed by atoms with van der Waals surface area (Å²) in [4.78, 5) is 27.5. The van der Waals surface area contributed by atoms with E-state index in [1.807, 2.05) is 33.8 Å². The van der Waals surface area contributed by atoms with E-state index in [0.29, 0.717) is 0 Å². The van der Waals surface area contributed by atoms with Crippen LogP contribution in [0.2, 0.25) is 0 Å². The maximum atomic E-state index is 13.7. The standard InChI is InChI=1S/C21H18N2O3S3/c1-11-9-14-16(10-12(11)2)22(21(3,4)18-17(14)20(27)29-28-18)19(24)13-7-5-6-8-15(13)23(25)26/h5-10H,1-4H3. The summed E-state index contributed by atoms with van der Waals surface area (Å²) in [5, 5.41) is 11.5. The summed E-state index contributed by atoms with van der Waals surface area (Å²) in [5.74, 6) is -0.387. The van der Waals surface area contributed by atoms with Gasteiger partial charge in [-0.3, -0.25) is 19.8 Å². The molecule has 2 heterocycles. The number of hydrogen-bond acceptors (Lipinski definition) is 6. The topological polar surface area (TPSA) is 63.5 Å². The molecule has 5 nitrogen and oxygen atoms in total. The predicted octanol–water partition coefficient (Wildman–Crippen LogP) is 6.63. The lowest BCUT2D eigenvalue weighted by molar-refractivity contribution is -0.385. The van der Waals surface area contributed by atoms with E-state index in [1.165, 1.54) is 22.5 Å². The lowest BCUT2D eigenvalue weighted by Gasteiger charge is -2.43. The van der Waals surface area contributed by atoms with E-state index in [-0.39, 0.29) is 17.2 Å². The molecule has 1 amide bonds. The number of fused-ring (bicyclic) bond motifs is 3. The van der Waals surface area contributed by atoms with Crippen molar-refractivity contribution in [3.63, 3.8) is 0 Å². The number of nitro benzene ring substituents is 1. The average molecular weight is 443 g/mol. The summed E-state index contributed by atoms with van der Waals surface area (Å²) >= 11 is 5.62. The third-order valence-corrected chi connectivity index (χ3v) is 8.73. The van der Waals surface area contributed by atoms with Gasteiger partial charge in [-0.15, -0.1) is 0 Å². The summed E-state index contributed by atoms with van der Waals surface area (Å²) in [6.45, 7) is 7.96. The molecule has 2 aromatic carbocycles. The first-order valence-corrected chi connectivity index (χ1v) is 11.5. The van der Waals surface area contributed by atoms with Gasteiger partial charge in [0.2, 0.25) is 0 Å². The summed E-state index contributed by atoms with van der Waals surface area (Å²) in [7, 11) is 3.09. The Labute approximate surface area is 180 Å².